The molecule has 2 aromatic carbocycles. The number of halogens is 5. The van der Waals surface area contributed by atoms with Gasteiger partial charge in [-0.25, -0.2) is 0 Å². The van der Waals surface area contributed by atoms with Crippen molar-refractivity contribution >= 4 is 41.6 Å². The van der Waals surface area contributed by atoms with Crippen LogP contribution in [0.15, 0.2) is 42.5 Å². The molecule has 2 aliphatic heterocycles. The summed E-state index contributed by atoms with van der Waals surface area (Å²) in [6, 6.07) is 11.4. The van der Waals surface area contributed by atoms with Crippen LogP contribution in [-0.2, 0) is 25.7 Å². The van der Waals surface area contributed by atoms with Crippen LogP contribution in [0.1, 0.15) is 45.6 Å². The van der Waals surface area contributed by atoms with E-state index in [1.54, 1.807) is 12.1 Å². The van der Waals surface area contributed by atoms with Crippen molar-refractivity contribution in [3.63, 3.8) is 0 Å². The summed E-state index contributed by atoms with van der Waals surface area (Å²) in [6.45, 7) is 3.94. The summed E-state index contributed by atoms with van der Waals surface area (Å²) in [5, 5.41) is 7.49. The predicted molar refractivity (Wildman–Crippen MR) is 135 cm³/mol. The number of rotatable bonds is 4. The maximum atomic E-state index is 12.8. The lowest BCUT2D eigenvalue weighted by molar-refractivity contribution is -0.137. The molecule has 0 bridgehead atoms. The molecule has 3 aromatic rings. The van der Waals surface area contributed by atoms with Crippen molar-refractivity contribution in [2.24, 2.45) is 0 Å². The number of aromatic nitrogens is 1. The van der Waals surface area contributed by atoms with Crippen molar-refractivity contribution in [3.8, 4) is 0 Å². The van der Waals surface area contributed by atoms with Gasteiger partial charge in [-0.05, 0) is 67.4 Å². The molecule has 5 rings (SSSR count). The van der Waals surface area contributed by atoms with Crippen LogP contribution >= 0.6 is 24.8 Å². The van der Waals surface area contributed by atoms with E-state index in [9.17, 15) is 18.0 Å². The SMILES string of the molecule is Cl.Cl.O=C(NC1CCNCC1)c1ccc2[nH]c3c(c2c1)CN(Cc1ccc(C(F)(F)F)cc1)CC3. The third-order valence-corrected chi connectivity index (χ3v) is 6.68. The fraction of sp³-hybridized carbons (Fsp3) is 0.400. The van der Waals surface area contributed by atoms with Gasteiger partial charge in [-0.3, -0.25) is 9.69 Å². The van der Waals surface area contributed by atoms with Crippen LogP contribution in [-0.4, -0.2) is 41.5 Å². The minimum atomic E-state index is -4.32. The quantitative estimate of drug-likeness (QED) is 0.443. The zero-order valence-corrected chi connectivity index (χ0v) is 20.7. The van der Waals surface area contributed by atoms with Gasteiger partial charge in [-0.15, -0.1) is 24.8 Å². The molecule has 1 amide bonds. The lowest BCUT2D eigenvalue weighted by Crippen LogP contribution is -2.42. The van der Waals surface area contributed by atoms with Crippen molar-refractivity contribution in [3.05, 3.63) is 70.4 Å². The number of piperidine rings is 1. The molecule has 5 nitrogen and oxygen atoms in total. The summed E-state index contributed by atoms with van der Waals surface area (Å²) in [5.41, 5.74) is 4.23. The standard InChI is InChI=1S/C25H27F3N4O.2ClH/c26-25(27,28)18-4-1-16(2-5-18)14-32-12-9-23-21(15-32)20-13-17(3-6-22(20)31-23)24(33)30-19-7-10-29-11-8-19;;/h1-6,13,19,29,31H,7-12,14-15H2,(H,30,33);2*1H. The van der Waals surface area contributed by atoms with Gasteiger partial charge in [0.25, 0.3) is 5.91 Å². The van der Waals surface area contributed by atoms with Gasteiger partial charge in [-0.2, -0.15) is 13.2 Å². The number of alkyl halides is 3. The molecule has 3 heterocycles. The number of fused-ring (bicyclic) bond motifs is 3. The van der Waals surface area contributed by atoms with E-state index in [0.29, 0.717) is 18.7 Å². The Kier molecular flexibility index (Phi) is 8.75. The molecular weight excluding hydrogens is 500 g/mol. The average Bonchev–Trinajstić information content (AvgIpc) is 3.17. The van der Waals surface area contributed by atoms with Crippen molar-refractivity contribution in [1.82, 2.24) is 20.5 Å². The number of benzene rings is 2. The molecule has 3 N–H and O–H groups in total. The molecule has 2 aliphatic rings. The lowest BCUT2D eigenvalue weighted by Gasteiger charge is -2.27. The molecule has 10 heteroatoms. The van der Waals surface area contributed by atoms with E-state index in [0.717, 1.165) is 67.5 Å². The fourth-order valence-corrected chi connectivity index (χ4v) is 4.84. The highest BCUT2D eigenvalue weighted by molar-refractivity contribution is 5.99. The zero-order chi connectivity index (χ0) is 23.0. The van der Waals surface area contributed by atoms with E-state index in [1.165, 1.54) is 11.3 Å². The highest BCUT2D eigenvalue weighted by Crippen LogP contribution is 2.31. The number of H-pyrrole nitrogens is 1. The Balaban J connectivity index is 0.00000171. The Bertz CT molecular complexity index is 1160. The second-order valence-electron chi connectivity index (χ2n) is 9.00. The number of nitrogens with zero attached hydrogens (tertiary/aromatic N) is 1. The molecule has 0 atom stereocenters. The topological polar surface area (TPSA) is 60.2 Å². The van der Waals surface area contributed by atoms with Gasteiger partial charge in [0.2, 0.25) is 0 Å². The van der Waals surface area contributed by atoms with Gasteiger partial charge in [0, 0.05) is 54.3 Å². The summed E-state index contributed by atoms with van der Waals surface area (Å²) in [7, 11) is 0. The van der Waals surface area contributed by atoms with Crippen LogP contribution in [0.5, 0.6) is 0 Å². The number of carbonyl (C=O) groups excluding carboxylic acids is 1. The molecule has 0 spiro atoms. The van der Waals surface area contributed by atoms with E-state index < -0.39 is 11.7 Å². The fourth-order valence-electron chi connectivity index (χ4n) is 4.84. The smallest absolute Gasteiger partial charge is 0.358 e. The van der Waals surface area contributed by atoms with Gasteiger partial charge in [0.1, 0.15) is 0 Å². The number of amides is 1. The first kappa shape index (κ1) is 27.3. The van der Waals surface area contributed by atoms with Crippen LogP contribution in [0, 0.1) is 0 Å². The molecule has 1 saturated heterocycles. The number of nitrogens with one attached hydrogen (secondary N) is 3. The number of hydrogen-bond donors (Lipinski definition) is 3. The van der Waals surface area contributed by atoms with Crippen molar-refractivity contribution in [2.45, 2.75) is 44.6 Å². The van der Waals surface area contributed by atoms with Crippen molar-refractivity contribution in [2.75, 3.05) is 19.6 Å². The summed E-state index contributed by atoms with van der Waals surface area (Å²) in [5.74, 6) is -0.0452. The van der Waals surface area contributed by atoms with Crippen molar-refractivity contribution < 1.29 is 18.0 Å². The van der Waals surface area contributed by atoms with Gasteiger partial charge in [0.15, 0.2) is 0 Å². The molecule has 35 heavy (non-hydrogen) atoms. The highest BCUT2D eigenvalue weighted by atomic mass is 35.5. The number of carbonyl (C=O) groups is 1. The number of aromatic amines is 1. The van der Waals surface area contributed by atoms with E-state index in [1.807, 2.05) is 18.2 Å². The molecule has 1 aromatic heterocycles. The Hall–Kier alpha value is -2.26. The van der Waals surface area contributed by atoms with Crippen LogP contribution in [0.2, 0.25) is 0 Å². The van der Waals surface area contributed by atoms with Gasteiger partial charge in [0.05, 0.1) is 5.56 Å². The minimum absolute atomic E-state index is 0. The average molecular weight is 529 g/mol. The van der Waals surface area contributed by atoms with Crippen molar-refractivity contribution in [1.29, 1.82) is 0 Å². The van der Waals surface area contributed by atoms with Gasteiger partial charge < -0.3 is 15.6 Å². The first-order valence-electron chi connectivity index (χ1n) is 11.4. The Morgan fingerprint density at radius 3 is 2.46 bits per heavy atom. The molecule has 190 valence electrons. The van der Waals surface area contributed by atoms with Gasteiger partial charge in [-0.1, -0.05) is 12.1 Å². The molecule has 1 fully saturated rings. The first-order chi connectivity index (χ1) is 15.9. The molecule has 0 radical (unpaired) electrons. The second-order valence-corrected chi connectivity index (χ2v) is 9.00. The van der Waals surface area contributed by atoms with Crippen LogP contribution in [0.4, 0.5) is 13.2 Å². The first-order valence-corrected chi connectivity index (χ1v) is 11.4. The molecule has 0 saturated carbocycles. The largest absolute Gasteiger partial charge is 0.416 e. The zero-order valence-electron chi connectivity index (χ0n) is 19.1. The Labute approximate surface area is 214 Å². The summed E-state index contributed by atoms with van der Waals surface area (Å²) < 4.78 is 38.5. The Morgan fingerprint density at radius 1 is 1.06 bits per heavy atom. The Morgan fingerprint density at radius 2 is 1.77 bits per heavy atom. The maximum absolute atomic E-state index is 12.8. The summed E-state index contributed by atoms with van der Waals surface area (Å²) in [4.78, 5) is 18.5. The van der Waals surface area contributed by atoms with E-state index in [2.05, 4.69) is 20.5 Å². The third kappa shape index (κ3) is 6.12. The maximum Gasteiger partial charge on any atom is 0.416 e. The number of hydrogen-bond acceptors (Lipinski definition) is 3. The minimum Gasteiger partial charge on any atom is -0.358 e. The van der Waals surface area contributed by atoms with E-state index >= 15 is 0 Å². The molecule has 0 unspecified atom stereocenters. The van der Waals surface area contributed by atoms with E-state index in [-0.39, 0.29) is 36.8 Å². The highest BCUT2D eigenvalue weighted by Gasteiger charge is 2.30. The predicted octanol–water partition coefficient (Wildman–Crippen LogP) is 5.07. The van der Waals surface area contributed by atoms with Gasteiger partial charge >= 0.3 is 6.18 Å². The second kappa shape index (κ2) is 11.2. The molecule has 0 aliphatic carbocycles. The molecular formula is C25H29Cl2F3N4O. The summed E-state index contributed by atoms with van der Waals surface area (Å²) in [6.07, 6.45) is -1.61. The van der Waals surface area contributed by atoms with Crippen LogP contribution < -0.4 is 10.6 Å². The van der Waals surface area contributed by atoms with Crippen LogP contribution in [0.3, 0.4) is 0 Å². The normalized spacial score (nSPS) is 16.8. The monoisotopic (exact) mass is 528 g/mol. The third-order valence-electron chi connectivity index (χ3n) is 6.68. The van der Waals surface area contributed by atoms with Crippen LogP contribution in [0.25, 0.3) is 10.9 Å². The summed E-state index contributed by atoms with van der Waals surface area (Å²) >= 11 is 0. The van der Waals surface area contributed by atoms with E-state index in [4.69, 9.17) is 0 Å². The lowest BCUT2D eigenvalue weighted by atomic mass is 10.0.